The molecule has 1 atom stereocenters. The van der Waals surface area contributed by atoms with Gasteiger partial charge in [0.05, 0.1) is 10.2 Å². The molecule has 0 radical (unpaired) electrons. The van der Waals surface area contributed by atoms with Crippen molar-refractivity contribution in [2.45, 2.75) is 57.7 Å². The predicted molar refractivity (Wildman–Crippen MR) is 132 cm³/mol. The summed E-state index contributed by atoms with van der Waals surface area (Å²) >= 11 is 1.29. The molecule has 0 aliphatic heterocycles. The molecule has 1 unspecified atom stereocenters. The number of hydrogen-bond acceptors (Lipinski definition) is 7. The molecular weight excluding hydrogens is 454 g/mol. The molecule has 0 bridgehead atoms. The van der Waals surface area contributed by atoms with Crippen molar-refractivity contribution < 1.29 is 14.5 Å². The van der Waals surface area contributed by atoms with E-state index >= 15 is 0 Å². The largest absolute Gasteiger partial charge is 0.486 e. The lowest BCUT2D eigenvalue weighted by Crippen LogP contribution is -2.23. The number of anilines is 1. The molecule has 9 nitrogen and oxygen atoms in total. The maximum atomic E-state index is 12.7. The third kappa shape index (κ3) is 6.80. The van der Waals surface area contributed by atoms with Crippen LogP contribution < -0.4 is 10.1 Å². The van der Waals surface area contributed by atoms with Gasteiger partial charge in [-0.1, -0.05) is 50.7 Å². The Hall–Kier alpha value is -3.40. The van der Waals surface area contributed by atoms with Crippen LogP contribution in [0.5, 0.6) is 5.75 Å². The Bertz CT molecular complexity index is 1130. The molecule has 1 heterocycles. The first-order chi connectivity index (χ1) is 16.3. The van der Waals surface area contributed by atoms with Gasteiger partial charge in [-0.15, -0.1) is 10.2 Å². The molecule has 0 aliphatic carbocycles. The molecule has 0 fully saturated rings. The summed E-state index contributed by atoms with van der Waals surface area (Å²) in [5, 5.41) is 22.4. The molecule has 0 saturated carbocycles. The van der Waals surface area contributed by atoms with Gasteiger partial charge in [-0.2, -0.15) is 0 Å². The number of ether oxygens (including phenoxy) is 1. The standard InChI is InChI=1S/C24H29N5O4S/c1-5-18-9-11-21(12-10-18)33-15-22-26-27-24(28(22)14-16(2)3)34-17(4)23(30)25-19-7-6-8-20(13-19)29(31)32/h6-13,16-17H,5,14-15H2,1-4H3,(H,25,30). The van der Waals surface area contributed by atoms with Gasteiger partial charge < -0.3 is 14.6 Å². The van der Waals surface area contributed by atoms with E-state index in [0.29, 0.717) is 29.1 Å². The van der Waals surface area contributed by atoms with E-state index in [-0.39, 0.29) is 18.2 Å². The van der Waals surface area contributed by atoms with Crippen molar-refractivity contribution in [3.63, 3.8) is 0 Å². The molecule has 3 aromatic rings. The van der Waals surface area contributed by atoms with E-state index in [1.165, 1.54) is 35.5 Å². The molecule has 0 saturated heterocycles. The maximum Gasteiger partial charge on any atom is 0.271 e. The van der Waals surface area contributed by atoms with Crippen molar-refractivity contribution in [2.24, 2.45) is 5.92 Å². The molecular formula is C24H29N5O4S. The van der Waals surface area contributed by atoms with E-state index in [4.69, 9.17) is 4.74 Å². The van der Waals surface area contributed by atoms with E-state index in [0.717, 1.165) is 12.2 Å². The highest BCUT2D eigenvalue weighted by atomic mass is 32.2. The second-order valence-electron chi connectivity index (χ2n) is 8.25. The molecule has 1 N–H and O–H groups in total. The van der Waals surface area contributed by atoms with Crippen LogP contribution in [0.3, 0.4) is 0 Å². The Morgan fingerprint density at radius 1 is 1.18 bits per heavy atom. The molecule has 2 aromatic carbocycles. The van der Waals surface area contributed by atoms with Crippen molar-refractivity contribution in [3.05, 3.63) is 70.0 Å². The monoisotopic (exact) mass is 483 g/mol. The van der Waals surface area contributed by atoms with Gasteiger partial charge in [0.1, 0.15) is 12.4 Å². The van der Waals surface area contributed by atoms with Crippen LogP contribution in [-0.2, 0) is 24.4 Å². The lowest BCUT2D eigenvalue weighted by atomic mass is 10.2. The van der Waals surface area contributed by atoms with E-state index in [9.17, 15) is 14.9 Å². The molecule has 10 heteroatoms. The summed E-state index contributed by atoms with van der Waals surface area (Å²) in [4.78, 5) is 23.2. The second-order valence-corrected chi connectivity index (χ2v) is 9.55. The fourth-order valence-corrected chi connectivity index (χ4v) is 4.06. The Kier molecular flexibility index (Phi) is 8.64. The minimum atomic E-state index is -0.496. The smallest absolute Gasteiger partial charge is 0.271 e. The Morgan fingerprint density at radius 2 is 1.91 bits per heavy atom. The number of carbonyl (C=O) groups is 1. The highest BCUT2D eigenvalue weighted by Gasteiger charge is 2.21. The zero-order chi connectivity index (χ0) is 24.7. The number of nitrogens with zero attached hydrogens (tertiary/aromatic N) is 4. The number of nitro groups is 1. The number of amides is 1. The van der Waals surface area contributed by atoms with Crippen LogP contribution in [0.4, 0.5) is 11.4 Å². The molecule has 3 rings (SSSR count). The predicted octanol–water partition coefficient (Wildman–Crippen LogP) is 5.10. The van der Waals surface area contributed by atoms with E-state index in [1.807, 2.05) is 28.8 Å². The summed E-state index contributed by atoms with van der Waals surface area (Å²) in [6, 6.07) is 13.8. The summed E-state index contributed by atoms with van der Waals surface area (Å²) in [7, 11) is 0. The van der Waals surface area contributed by atoms with Crippen molar-refractivity contribution >= 4 is 29.0 Å². The first-order valence-electron chi connectivity index (χ1n) is 11.1. The van der Waals surface area contributed by atoms with Gasteiger partial charge >= 0.3 is 0 Å². The lowest BCUT2D eigenvalue weighted by Gasteiger charge is -2.15. The summed E-state index contributed by atoms with van der Waals surface area (Å²) in [5.74, 6) is 1.50. The summed E-state index contributed by atoms with van der Waals surface area (Å²) in [6.45, 7) is 9.01. The van der Waals surface area contributed by atoms with E-state index < -0.39 is 10.2 Å². The Labute approximate surface area is 203 Å². The number of carbonyl (C=O) groups excluding carboxylic acids is 1. The first kappa shape index (κ1) is 25.2. The average Bonchev–Trinajstić information content (AvgIpc) is 3.18. The van der Waals surface area contributed by atoms with Crippen LogP contribution in [0.25, 0.3) is 0 Å². The fraction of sp³-hybridized carbons (Fsp3) is 0.375. The summed E-state index contributed by atoms with van der Waals surface area (Å²) in [5.41, 5.74) is 1.54. The number of nitro benzene ring substituents is 1. The SMILES string of the molecule is CCc1ccc(OCc2nnc(SC(C)C(=O)Nc3cccc([N+](=O)[O-])c3)n2CC(C)C)cc1. The zero-order valence-electron chi connectivity index (χ0n) is 19.7. The van der Waals surface area contributed by atoms with Crippen LogP contribution in [0.2, 0.25) is 0 Å². The van der Waals surface area contributed by atoms with Crippen molar-refractivity contribution in [2.75, 3.05) is 5.32 Å². The second kappa shape index (κ2) is 11.6. The number of nitrogens with one attached hydrogen (secondary N) is 1. The van der Waals surface area contributed by atoms with Gasteiger partial charge in [0, 0.05) is 24.4 Å². The highest BCUT2D eigenvalue weighted by Crippen LogP contribution is 2.26. The van der Waals surface area contributed by atoms with Crippen molar-refractivity contribution in [1.82, 2.24) is 14.8 Å². The van der Waals surface area contributed by atoms with Crippen molar-refractivity contribution in [3.8, 4) is 5.75 Å². The number of aromatic nitrogens is 3. The Balaban J connectivity index is 1.68. The van der Waals surface area contributed by atoms with Gasteiger partial charge in [-0.25, -0.2) is 0 Å². The molecule has 0 spiro atoms. The summed E-state index contributed by atoms with van der Waals surface area (Å²) in [6.07, 6.45) is 0.969. The molecule has 1 aromatic heterocycles. The van der Waals surface area contributed by atoms with Crippen LogP contribution in [0.15, 0.2) is 53.7 Å². The number of rotatable bonds is 11. The summed E-state index contributed by atoms with van der Waals surface area (Å²) < 4.78 is 7.90. The van der Waals surface area contributed by atoms with Crippen LogP contribution in [-0.4, -0.2) is 30.8 Å². The quantitative estimate of drug-likeness (QED) is 0.229. The lowest BCUT2D eigenvalue weighted by molar-refractivity contribution is -0.384. The van der Waals surface area contributed by atoms with Gasteiger partial charge in [0.25, 0.3) is 5.69 Å². The Morgan fingerprint density at radius 3 is 2.56 bits per heavy atom. The molecule has 180 valence electrons. The maximum absolute atomic E-state index is 12.7. The van der Waals surface area contributed by atoms with Crippen LogP contribution in [0, 0.1) is 16.0 Å². The first-order valence-corrected chi connectivity index (χ1v) is 12.0. The number of aryl methyl sites for hydroxylation is 1. The molecule has 1 amide bonds. The van der Waals surface area contributed by atoms with Crippen molar-refractivity contribution in [1.29, 1.82) is 0 Å². The van der Waals surface area contributed by atoms with Gasteiger partial charge in [0.15, 0.2) is 11.0 Å². The van der Waals surface area contributed by atoms with Gasteiger partial charge in [0.2, 0.25) is 5.91 Å². The normalized spacial score (nSPS) is 11.9. The molecule has 0 aliphatic rings. The third-order valence-corrected chi connectivity index (χ3v) is 6.10. The number of thioether (sulfide) groups is 1. The zero-order valence-corrected chi connectivity index (χ0v) is 20.5. The van der Waals surface area contributed by atoms with Gasteiger partial charge in [-0.05, 0) is 43.0 Å². The number of hydrogen-bond donors (Lipinski definition) is 1. The number of benzene rings is 2. The van der Waals surface area contributed by atoms with E-state index in [2.05, 4.69) is 36.3 Å². The van der Waals surface area contributed by atoms with Gasteiger partial charge in [-0.3, -0.25) is 14.9 Å². The number of non-ortho nitro benzene ring substituents is 1. The van der Waals surface area contributed by atoms with E-state index in [1.54, 1.807) is 13.0 Å². The van der Waals surface area contributed by atoms with Crippen LogP contribution >= 0.6 is 11.8 Å². The van der Waals surface area contributed by atoms with Crippen LogP contribution in [0.1, 0.15) is 39.1 Å². The average molecular weight is 484 g/mol. The fourth-order valence-electron chi connectivity index (χ4n) is 3.18. The topological polar surface area (TPSA) is 112 Å². The minimum Gasteiger partial charge on any atom is -0.486 e. The molecule has 34 heavy (non-hydrogen) atoms. The minimum absolute atomic E-state index is 0.0799. The highest BCUT2D eigenvalue weighted by molar-refractivity contribution is 8.00. The third-order valence-electron chi connectivity index (χ3n) is 5.02.